The van der Waals surface area contributed by atoms with Crippen molar-refractivity contribution in [3.63, 3.8) is 0 Å². The Morgan fingerprint density at radius 2 is 2.10 bits per heavy atom. The van der Waals surface area contributed by atoms with E-state index < -0.39 is 0 Å². The number of aryl methyl sites for hydroxylation is 1. The van der Waals surface area contributed by atoms with Gasteiger partial charge in [0.2, 0.25) is 0 Å². The normalized spacial score (nSPS) is 15.3. The molecule has 1 amide bonds. The van der Waals surface area contributed by atoms with Crippen molar-refractivity contribution in [2.75, 3.05) is 6.54 Å². The molecule has 166 valence electrons. The summed E-state index contributed by atoms with van der Waals surface area (Å²) < 4.78 is 4.89. The average molecular weight is 441 g/mol. The van der Waals surface area contributed by atoms with E-state index in [0.717, 1.165) is 17.1 Å². The Hall–Kier alpha value is -2.66. The lowest BCUT2D eigenvalue weighted by Crippen LogP contribution is -2.27. The number of aromatic nitrogens is 4. The predicted octanol–water partition coefficient (Wildman–Crippen LogP) is 4.71. The summed E-state index contributed by atoms with van der Waals surface area (Å²) >= 11 is 5.26. The van der Waals surface area contributed by atoms with Gasteiger partial charge in [0.05, 0.1) is 0 Å². The van der Waals surface area contributed by atoms with Crippen LogP contribution in [0.2, 0.25) is 0 Å². The van der Waals surface area contributed by atoms with Crippen LogP contribution >= 0.6 is 12.2 Å². The molecule has 7 nitrogen and oxygen atoms in total. The van der Waals surface area contributed by atoms with Gasteiger partial charge in [-0.2, -0.15) is 10.4 Å². The van der Waals surface area contributed by atoms with E-state index in [2.05, 4.69) is 46.1 Å². The van der Waals surface area contributed by atoms with E-state index in [9.17, 15) is 10.1 Å². The highest BCUT2D eigenvalue weighted by molar-refractivity contribution is 7.71. The molecule has 1 aliphatic carbocycles. The second-order valence-corrected chi connectivity index (χ2v) is 8.96. The number of aromatic amines is 1. The van der Waals surface area contributed by atoms with Crippen LogP contribution in [0.5, 0.6) is 0 Å². The van der Waals surface area contributed by atoms with E-state index in [4.69, 9.17) is 12.2 Å². The van der Waals surface area contributed by atoms with Gasteiger partial charge >= 0.3 is 0 Å². The number of carbonyl (C=O) groups is 1. The molecule has 0 spiro atoms. The van der Waals surface area contributed by atoms with Crippen LogP contribution in [0.1, 0.15) is 80.8 Å². The monoisotopic (exact) mass is 440 g/mol. The van der Waals surface area contributed by atoms with E-state index in [-0.39, 0.29) is 17.5 Å². The van der Waals surface area contributed by atoms with E-state index in [1.165, 1.54) is 37.8 Å². The first kappa shape index (κ1) is 23.0. The molecule has 2 N–H and O–H groups in total. The van der Waals surface area contributed by atoms with Crippen molar-refractivity contribution in [3.8, 4) is 6.07 Å². The standard InChI is InChI=1S/C23H32N6OS/c1-15(2)28-21(26-27-23(28)31)10-11-25-22(30)19(14-24)13-18-12-16(3)29(17(18)4)20-8-6-5-7-9-20/h12-13,15,20H,5-11H2,1-4H3,(H,25,30)(H,27,31)/b19-13+. The molecule has 2 heterocycles. The van der Waals surface area contributed by atoms with Gasteiger partial charge in [-0.1, -0.05) is 19.3 Å². The number of amides is 1. The van der Waals surface area contributed by atoms with Crippen LogP contribution in [0.15, 0.2) is 11.6 Å². The lowest BCUT2D eigenvalue weighted by Gasteiger charge is -2.26. The van der Waals surface area contributed by atoms with Gasteiger partial charge in [-0.25, -0.2) is 0 Å². The van der Waals surface area contributed by atoms with Crippen molar-refractivity contribution >= 4 is 24.2 Å². The van der Waals surface area contributed by atoms with Crippen LogP contribution < -0.4 is 5.32 Å². The zero-order chi connectivity index (χ0) is 22.5. The van der Waals surface area contributed by atoms with Gasteiger partial charge in [0, 0.05) is 36.4 Å². The molecule has 1 fully saturated rings. The summed E-state index contributed by atoms with van der Waals surface area (Å²) in [6.07, 6.45) is 8.47. The minimum absolute atomic E-state index is 0.117. The highest BCUT2D eigenvalue weighted by Gasteiger charge is 2.20. The largest absolute Gasteiger partial charge is 0.351 e. The smallest absolute Gasteiger partial charge is 0.261 e. The fourth-order valence-electron chi connectivity index (χ4n) is 4.58. The molecule has 8 heteroatoms. The molecular weight excluding hydrogens is 408 g/mol. The molecule has 3 rings (SSSR count). The molecule has 0 aliphatic heterocycles. The molecular formula is C23H32N6OS. The number of nitrogens with one attached hydrogen (secondary N) is 2. The number of carbonyl (C=O) groups excluding carboxylic acids is 1. The van der Waals surface area contributed by atoms with Gasteiger partial charge < -0.3 is 14.5 Å². The summed E-state index contributed by atoms with van der Waals surface area (Å²) in [5.74, 6) is 0.425. The van der Waals surface area contributed by atoms with E-state index in [1.54, 1.807) is 6.08 Å². The summed E-state index contributed by atoms with van der Waals surface area (Å²) in [6.45, 7) is 8.63. The fraction of sp³-hybridized carbons (Fsp3) is 0.565. The zero-order valence-corrected chi connectivity index (χ0v) is 19.7. The third-order valence-corrected chi connectivity index (χ3v) is 6.34. The number of hydrogen-bond acceptors (Lipinski definition) is 4. The molecule has 2 aromatic rings. The molecule has 1 aliphatic rings. The van der Waals surface area contributed by atoms with Crippen molar-refractivity contribution in [2.45, 2.75) is 78.3 Å². The summed E-state index contributed by atoms with van der Waals surface area (Å²) in [6, 6.07) is 4.85. The first-order valence-corrected chi connectivity index (χ1v) is 11.5. The Labute approximate surface area is 189 Å². The zero-order valence-electron chi connectivity index (χ0n) is 18.9. The van der Waals surface area contributed by atoms with Crippen molar-refractivity contribution in [2.24, 2.45) is 0 Å². The molecule has 0 unspecified atom stereocenters. The third kappa shape index (κ3) is 5.16. The van der Waals surface area contributed by atoms with E-state index >= 15 is 0 Å². The van der Waals surface area contributed by atoms with Crippen molar-refractivity contribution < 1.29 is 4.79 Å². The fourth-order valence-corrected chi connectivity index (χ4v) is 4.95. The van der Waals surface area contributed by atoms with E-state index in [1.807, 2.05) is 18.4 Å². The van der Waals surface area contributed by atoms with Crippen LogP contribution in [-0.2, 0) is 11.2 Å². The molecule has 0 atom stereocenters. The van der Waals surface area contributed by atoms with Crippen LogP contribution in [0.3, 0.4) is 0 Å². The molecule has 31 heavy (non-hydrogen) atoms. The number of hydrogen-bond donors (Lipinski definition) is 2. The number of rotatable bonds is 7. The highest BCUT2D eigenvalue weighted by atomic mass is 32.1. The summed E-state index contributed by atoms with van der Waals surface area (Å²) in [4.78, 5) is 12.6. The summed E-state index contributed by atoms with van der Waals surface area (Å²) in [7, 11) is 0. The van der Waals surface area contributed by atoms with Gasteiger partial charge in [0.25, 0.3) is 5.91 Å². The van der Waals surface area contributed by atoms with E-state index in [0.29, 0.717) is 23.8 Å². The maximum absolute atomic E-state index is 12.6. The number of H-pyrrole nitrogens is 1. The second kappa shape index (κ2) is 10.1. The lowest BCUT2D eigenvalue weighted by atomic mass is 9.95. The summed E-state index contributed by atoms with van der Waals surface area (Å²) in [5.41, 5.74) is 3.37. The number of nitriles is 1. The maximum Gasteiger partial charge on any atom is 0.261 e. The van der Waals surface area contributed by atoms with Crippen molar-refractivity contribution in [1.29, 1.82) is 5.26 Å². The van der Waals surface area contributed by atoms with Gasteiger partial charge in [0.1, 0.15) is 17.5 Å². The Morgan fingerprint density at radius 1 is 1.39 bits per heavy atom. The average Bonchev–Trinajstić information content (AvgIpc) is 3.25. The van der Waals surface area contributed by atoms with Gasteiger partial charge in [0.15, 0.2) is 4.77 Å². The molecule has 1 saturated carbocycles. The minimum Gasteiger partial charge on any atom is -0.351 e. The quantitative estimate of drug-likeness (QED) is 0.370. The molecule has 2 aromatic heterocycles. The van der Waals surface area contributed by atoms with Crippen LogP contribution in [0.25, 0.3) is 6.08 Å². The van der Waals surface area contributed by atoms with Crippen LogP contribution in [0.4, 0.5) is 0 Å². The Bertz CT molecular complexity index is 1060. The topological polar surface area (TPSA) is 91.4 Å². The summed E-state index contributed by atoms with van der Waals surface area (Å²) in [5, 5.41) is 19.5. The molecule has 0 radical (unpaired) electrons. The molecule has 0 bridgehead atoms. The van der Waals surface area contributed by atoms with Gasteiger partial charge in [-0.05, 0) is 70.5 Å². The van der Waals surface area contributed by atoms with Crippen LogP contribution in [-0.4, -0.2) is 31.8 Å². The third-order valence-electron chi connectivity index (χ3n) is 6.06. The maximum atomic E-state index is 12.6. The van der Waals surface area contributed by atoms with Crippen molar-refractivity contribution in [1.82, 2.24) is 24.6 Å². The van der Waals surface area contributed by atoms with Crippen molar-refractivity contribution in [3.05, 3.63) is 39.2 Å². The number of nitrogens with zero attached hydrogens (tertiary/aromatic N) is 4. The Morgan fingerprint density at radius 3 is 2.74 bits per heavy atom. The lowest BCUT2D eigenvalue weighted by molar-refractivity contribution is -0.117. The minimum atomic E-state index is -0.366. The molecule has 0 saturated heterocycles. The second-order valence-electron chi connectivity index (χ2n) is 8.57. The highest BCUT2D eigenvalue weighted by Crippen LogP contribution is 2.32. The first-order valence-electron chi connectivity index (χ1n) is 11.1. The SMILES string of the molecule is Cc1cc(/C=C(\C#N)C(=O)NCCc2n[nH]c(=S)n2C(C)C)c(C)n1C1CCCCC1. The van der Waals surface area contributed by atoms with Crippen LogP contribution in [0, 0.1) is 29.9 Å². The first-order chi connectivity index (χ1) is 14.8. The molecule has 0 aromatic carbocycles. The predicted molar refractivity (Wildman–Crippen MR) is 124 cm³/mol. The Balaban J connectivity index is 1.70. The Kier molecular flexibility index (Phi) is 7.50. The van der Waals surface area contributed by atoms with Gasteiger partial charge in [-0.15, -0.1) is 0 Å². The van der Waals surface area contributed by atoms with Gasteiger partial charge in [-0.3, -0.25) is 9.89 Å².